The lowest BCUT2D eigenvalue weighted by molar-refractivity contribution is 0.414. The molecule has 0 aliphatic carbocycles. The van der Waals surface area contributed by atoms with Crippen molar-refractivity contribution in [3.05, 3.63) is 90.5 Å². The molecule has 2 aromatic rings. The number of ether oxygens (including phenoxy) is 1. The van der Waals surface area contributed by atoms with E-state index in [2.05, 4.69) is 61.8 Å². The van der Waals surface area contributed by atoms with E-state index in [1.54, 1.807) is 19.3 Å². The molecule has 136 valence electrons. The van der Waals surface area contributed by atoms with Gasteiger partial charge in [-0.3, -0.25) is 0 Å². The summed E-state index contributed by atoms with van der Waals surface area (Å²) in [5.74, 6) is 0.913. The van der Waals surface area contributed by atoms with Crippen LogP contribution in [0.3, 0.4) is 0 Å². The first-order valence-corrected chi connectivity index (χ1v) is 8.64. The molecule has 1 N–H and O–H groups in total. The summed E-state index contributed by atoms with van der Waals surface area (Å²) in [6, 6.07) is 16.9. The van der Waals surface area contributed by atoms with Gasteiger partial charge in [-0.2, -0.15) is 0 Å². The van der Waals surface area contributed by atoms with Crippen LogP contribution < -0.4 is 10.1 Å². The van der Waals surface area contributed by atoms with E-state index in [1.165, 1.54) is 16.7 Å². The van der Waals surface area contributed by atoms with E-state index >= 15 is 0 Å². The van der Waals surface area contributed by atoms with Gasteiger partial charge in [0.1, 0.15) is 5.75 Å². The fourth-order valence-electron chi connectivity index (χ4n) is 2.08. The third-order valence-corrected chi connectivity index (χ3v) is 3.16. The number of hydrogen-bond donors (Lipinski definition) is 1. The maximum Gasteiger partial charge on any atom is 0.118 e. The standard InChI is InChI=1S/C17H21NO.2C3H6/c1-14-4-3-5-16(12-14)13-18-11-10-15-6-8-17(19-2)9-7-15;2*1-3-2/h3-9,12,18H,10-11,13H2,1-2H3;2*3H,1H2,2H3. The van der Waals surface area contributed by atoms with Crippen molar-refractivity contribution in [3.63, 3.8) is 0 Å². The molecule has 0 spiro atoms. The molecule has 0 fully saturated rings. The van der Waals surface area contributed by atoms with Gasteiger partial charge in [0, 0.05) is 6.54 Å². The van der Waals surface area contributed by atoms with E-state index in [1.807, 2.05) is 26.0 Å². The first kappa shape index (κ1) is 22.7. The molecular formula is C23H33NO. The monoisotopic (exact) mass is 339 g/mol. The molecule has 0 amide bonds. The van der Waals surface area contributed by atoms with Crippen molar-refractivity contribution in [1.82, 2.24) is 5.32 Å². The topological polar surface area (TPSA) is 21.3 Å². The van der Waals surface area contributed by atoms with Gasteiger partial charge in [0.2, 0.25) is 0 Å². The van der Waals surface area contributed by atoms with Crippen LogP contribution in [0.2, 0.25) is 0 Å². The van der Waals surface area contributed by atoms with Gasteiger partial charge in [0.25, 0.3) is 0 Å². The Balaban J connectivity index is 0.000000844. The zero-order valence-corrected chi connectivity index (χ0v) is 16.2. The second-order valence-electron chi connectivity index (χ2n) is 5.58. The van der Waals surface area contributed by atoms with E-state index < -0.39 is 0 Å². The minimum atomic E-state index is 0.913. The minimum Gasteiger partial charge on any atom is -0.497 e. The average molecular weight is 340 g/mol. The van der Waals surface area contributed by atoms with Crippen molar-refractivity contribution in [3.8, 4) is 5.75 Å². The quantitative estimate of drug-likeness (QED) is 0.537. The third-order valence-electron chi connectivity index (χ3n) is 3.16. The van der Waals surface area contributed by atoms with Crippen LogP contribution in [0.4, 0.5) is 0 Å². The van der Waals surface area contributed by atoms with Crippen molar-refractivity contribution in [2.24, 2.45) is 0 Å². The Bertz CT molecular complexity index is 581. The van der Waals surface area contributed by atoms with Crippen LogP contribution in [0.1, 0.15) is 30.5 Å². The highest BCUT2D eigenvalue weighted by Crippen LogP contribution is 2.11. The van der Waals surface area contributed by atoms with Crippen LogP contribution in [0.15, 0.2) is 73.8 Å². The molecule has 0 unspecified atom stereocenters. The van der Waals surface area contributed by atoms with Crippen LogP contribution in [-0.2, 0) is 13.0 Å². The van der Waals surface area contributed by atoms with Gasteiger partial charge in [-0.15, -0.1) is 13.2 Å². The molecule has 0 aliphatic rings. The van der Waals surface area contributed by atoms with Crippen molar-refractivity contribution in [2.75, 3.05) is 13.7 Å². The van der Waals surface area contributed by atoms with Gasteiger partial charge < -0.3 is 10.1 Å². The zero-order chi connectivity index (χ0) is 18.9. The van der Waals surface area contributed by atoms with Crippen molar-refractivity contribution >= 4 is 0 Å². The van der Waals surface area contributed by atoms with Gasteiger partial charge in [0.15, 0.2) is 0 Å². The highest BCUT2D eigenvalue weighted by molar-refractivity contribution is 5.27. The summed E-state index contributed by atoms with van der Waals surface area (Å²) in [6.45, 7) is 14.5. The second kappa shape index (κ2) is 15.2. The maximum atomic E-state index is 5.15. The molecule has 0 saturated carbocycles. The molecule has 0 saturated heterocycles. The molecule has 2 rings (SSSR count). The highest BCUT2D eigenvalue weighted by Gasteiger charge is 1.96. The van der Waals surface area contributed by atoms with E-state index in [0.717, 1.165) is 25.3 Å². The van der Waals surface area contributed by atoms with Crippen LogP contribution in [0, 0.1) is 6.92 Å². The largest absolute Gasteiger partial charge is 0.497 e. The van der Waals surface area contributed by atoms with Gasteiger partial charge in [-0.05, 0) is 57.0 Å². The zero-order valence-electron chi connectivity index (χ0n) is 16.2. The summed E-state index contributed by atoms with van der Waals surface area (Å²) in [4.78, 5) is 0. The van der Waals surface area contributed by atoms with Gasteiger partial charge in [-0.25, -0.2) is 0 Å². The smallest absolute Gasteiger partial charge is 0.118 e. The van der Waals surface area contributed by atoms with Crippen LogP contribution in [0.25, 0.3) is 0 Å². The Morgan fingerprint density at radius 3 is 2.08 bits per heavy atom. The van der Waals surface area contributed by atoms with Gasteiger partial charge in [-0.1, -0.05) is 54.1 Å². The van der Waals surface area contributed by atoms with Crippen LogP contribution in [-0.4, -0.2) is 13.7 Å². The maximum absolute atomic E-state index is 5.15. The second-order valence-corrected chi connectivity index (χ2v) is 5.58. The van der Waals surface area contributed by atoms with E-state index in [0.29, 0.717) is 0 Å². The van der Waals surface area contributed by atoms with Crippen molar-refractivity contribution < 1.29 is 4.74 Å². The Morgan fingerprint density at radius 1 is 0.960 bits per heavy atom. The Kier molecular flexibility index (Phi) is 13.8. The average Bonchev–Trinajstić information content (AvgIpc) is 2.61. The molecule has 0 aliphatic heterocycles. The Labute approximate surface area is 154 Å². The Hall–Kier alpha value is -2.32. The molecule has 2 aromatic carbocycles. The first-order chi connectivity index (χ1) is 12.1. The first-order valence-electron chi connectivity index (χ1n) is 8.64. The molecule has 0 aromatic heterocycles. The number of nitrogens with one attached hydrogen (secondary N) is 1. The highest BCUT2D eigenvalue weighted by atomic mass is 16.5. The lowest BCUT2D eigenvalue weighted by atomic mass is 10.1. The van der Waals surface area contributed by atoms with Crippen LogP contribution in [0.5, 0.6) is 5.75 Å². The predicted molar refractivity (Wildman–Crippen MR) is 111 cm³/mol. The molecular weight excluding hydrogens is 306 g/mol. The molecule has 0 radical (unpaired) electrons. The summed E-state index contributed by atoms with van der Waals surface area (Å²) in [5, 5.41) is 3.47. The number of hydrogen-bond acceptors (Lipinski definition) is 2. The molecule has 0 atom stereocenters. The molecule has 25 heavy (non-hydrogen) atoms. The van der Waals surface area contributed by atoms with E-state index in [-0.39, 0.29) is 0 Å². The molecule has 0 heterocycles. The fourth-order valence-corrected chi connectivity index (χ4v) is 2.08. The predicted octanol–water partition coefficient (Wildman–Crippen LogP) is 5.72. The number of benzene rings is 2. The Morgan fingerprint density at radius 2 is 1.56 bits per heavy atom. The third kappa shape index (κ3) is 11.8. The molecule has 2 nitrogen and oxygen atoms in total. The fraction of sp³-hybridized carbons (Fsp3) is 0.304. The molecule has 2 heteroatoms. The normalized spacial score (nSPS) is 8.96. The lowest BCUT2D eigenvalue weighted by Crippen LogP contribution is -2.16. The summed E-state index contributed by atoms with van der Waals surface area (Å²) in [7, 11) is 1.69. The summed E-state index contributed by atoms with van der Waals surface area (Å²) in [6.07, 6.45) is 4.54. The van der Waals surface area contributed by atoms with Crippen LogP contribution >= 0.6 is 0 Å². The lowest BCUT2D eigenvalue weighted by Gasteiger charge is -2.06. The minimum absolute atomic E-state index is 0.913. The van der Waals surface area contributed by atoms with E-state index in [4.69, 9.17) is 4.74 Å². The van der Waals surface area contributed by atoms with Crippen molar-refractivity contribution in [2.45, 2.75) is 33.7 Å². The number of aryl methyl sites for hydroxylation is 1. The summed E-state index contributed by atoms with van der Waals surface area (Å²) >= 11 is 0. The number of allylic oxidation sites excluding steroid dienone is 2. The number of rotatable bonds is 6. The SMILES string of the molecule is C=CC.C=CC.COc1ccc(CCNCc2cccc(C)c2)cc1. The summed E-state index contributed by atoms with van der Waals surface area (Å²) in [5.41, 5.74) is 3.99. The van der Waals surface area contributed by atoms with Gasteiger partial charge >= 0.3 is 0 Å². The number of methoxy groups -OCH3 is 1. The molecule has 0 bridgehead atoms. The summed E-state index contributed by atoms with van der Waals surface area (Å²) < 4.78 is 5.15. The van der Waals surface area contributed by atoms with E-state index in [9.17, 15) is 0 Å². The van der Waals surface area contributed by atoms with Gasteiger partial charge in [0.05, 0.1) is 7.11 Å². The van der Waals surface area contributed by atoms with Crippen molar-refractivity contribution in [1.29, 1.82) is 0 Å².